The number of fused-ring (bicyclic) bond motifs is 1. The molecule has 0 radical (unpaired) electrons. The van der Waals surface area contributed by atoms with Crippen LogP contribution in [0.2, 0.25) is 0 Å². The molecule has 0 fully saturated rings. The maximum Gasteiger partial charge on any atom is 0.378 e. The highest BCUT2D eigenvalue weighted by atomic mass is 16.5. The summed E-state index contributed by atoms with van der Waals surface area (Å²) in [4.78, 5) is 15.9. The Morgan fingerprint density at radius 2 is 2.20 bits per heavy atom. The highest BCUT2D eigenvalue weighted by Gasteiger charge is 2.24. The molecule has 5 nitrogen and oxygen atoms in total. The van der Waals surface area contributed by atoms with Gasteiger partial charge in [-0.2, -0.15) is 0 Å². The van der Waals surface area contributed by atoms with Gasteiger partial charge in [-0.25, -0.2) is 9.78 Å². The molecule has 1 aliphatic carbocycles. The van der Waals surface area contributed by atoms with E-state index in [0.717, 1.165) is 25.1 Å². The first-order chi connectivity index (χ1) is 9.78. The Morgan fingerprint density at radius 3 is 3.00 bits per heavy atom. The van der Waals surface area contributed by atoms with Crippen molar-refractivity contribution < 1.29 is 9.53 Å². The predicted molar refractivity (Wildman–Crippen MR) is 73.5 cm³/mol. The van der Waals surface area contributed by atoms with E-state index >= 15 is 0 Å². The van der Waals surface area contributed by atoms with Crippen LogP contribution in [0.5, 0.6) is 0 Å². The quantitative estimate of drug-likeness (QED) is 0.869. The summed E-state index contributed by atoms with van der Waals surface area (Å²) in [5.74, 6) is 0.732. The smallest absolute Gasteiger partial charge is 0.378 e. The van der Waals surface area contributed by atoms with Crippen molar-refractivity contribution in [2.75, 3.05) is 6.61 Å². The number of carbonyl (C=O) groups excluding carboxylic acids is 1. The van der Waals surface area contributed by atoms with Crippen LogP contribution in [0.25, 0.3) is 0 Å². The molecule has 0 saturated heterocycles. The Bertz CT molecular complexity index is 621. The summed E-state index contributed by atoms with van der Waals surface area (Å²) in [6, 6.07) is 8.47. The molecule has 1 aromatic carbocycles. The first-order valence-corrected chi connectivity index (χ1v) is 6.94. The normalized spacial score (nSPS) is 17.6. The lowest BCUT2D eigenvalue weighted by molar-refractivity contribution is 0.0512. The minimum Gasteiger partial charge on any atom is -0.460 e. The molecule has 1 N–H and O–H groups in total. The van der Waals surface area contributed by atoms with Crippen LogP contribution in [-0.2, 0) is 17.6 Å². The lowest BCUT2D eigenvalue weighted by atomic mass is 9.83. The molecule has 0 aliphatic heterocycles. The number of nitrogens with zero attached hydrogens (tertiary/aromatic N) is 2. The van der Waals surface area contributed by atoms with Crippen molar-refractivity contribution in [3.63, 3.8) is 0 Å². The zero-order valence-corrected chi connectivity index (χ0v) is 11.4. The van der Waals surface area contributed by atoms with E-state index in [2.05, 4.69) is 39.4 Å². The van der Waals surface area contributed by atoms with Crippen molar-refractivity contribution in [3.8, 4) is 0 Å². The van der Waals surface area contributed by atoms with Crippen LogP contribution in [0.1, 0.15) is 46.8 Å². The summed E-state index contributed by atoms with van der Waals surface area (Å²) in [6.07, 6.45) is 3.00. The molecule has 5 heteroatoms. The van der Waals surface area contributed by atoms with Gasteiger partial charge >= 0.3 is 5.97 Å². The molecular formula is C15H17N3O2. The third-order valence-corrected chi connectivity index (χ3v) is 3.69. The van der Waals surface area contributed by atoms with Gasteiger partial charge in [-0.15, -0.1) is 5.10 Å². The van der Waals surface area contributed by atoms with Gasteiger partial charge in [0.1, 0.15) is 5.82 Å². The number of rotatable bonds is 3. The van der Waals surface area contributed by atoms with Crippen LogP contribution in [0.15, 0.2) is 24.3 Å². The Morgan fingerprint density at radius 1 is 1.40 bits per heavy atom. The monoisotopic (exact) mass is 271 g/mol. The second-order valence-corrected chi connectivity index (χ2v) is 4.97. The SMILES string of the molecule is CCOC(=O)c1n[nH]c(C2CCc3ccccc3C2)n1. The minimum absolute atomic E-state index is 0.126. The summed E-state index contributed by atoms with van der Waals surface area (Å²) in [7, 11) is 0. The van der Waals surface area contributed by atoms with E-state index in [-0.39, 0.29) is 5.82 Å². The van der Waals surface area contributed by atoms with Crippen LogP contribution in [-0.4, -0.2) is 27.8 Å². The molecule has 1 aromatic heterocycles. The van der Waals surface area contributed by atoms with Gasteiger partial charge in [-0.1, -0.05) is 24.3 Å². The number of hydrogen-bond acceptors (Lipinski definition) is 4. The summed E-state index contributed by atoms with van der Waals surface area (Å²) in [6.45, 7) is 2.10. The zero-order chi connectivity index (χ0) is 13.9. The van der Waals surface area contributed by atoms with Crippen LogP contribution in [0.4, 0.5) is 0 Å². The van der Waals surface area contributed by atoms with E-state index in [1.807, 2.05) is 0 Å². The highest BCUT2D eigenvalue weighted by molar-refractivity contribution is 5.84. The Kier molecular flexibility index (Phi) is 3.50. The molecule has 104 valence electrons. The fourth-order valence-corrected chi connectivity index (χ4v) is 2.67. The fraction of sp³-hybridized carbons (Fsp3) is 0.400. The third kappa shape index (κ3) is 2.43. The molecule has 1 heterocycles. The second-order valence-electron chi connectivity index (χ2n) is 4.97. The number of aromatic nitrogens is 3. The van der Waals surface area contributed by atoms with Crippen molar-refractivity contribution in [2.24, 2.45) is 0 Å². The number of nitrogens with one attached hydrogen (secondary N) is 1. The second kappa shape index (κ2) is 5.45. The number of aromatic amines is 1. The van der Waals surface area contributed by atoms with Crippen LogP contribution in [0, 0.1) is 0 Å². The molecule has 0 spiro atoms. The molecule has 1 unspecified atom stereocenters. The predicted octanol–water partition coefficient (Wildman–Crippen LogP) is 2.25. The van der Waals surface area contributed by atoms with Gasteiger partial charge < -0.3 is 4.74 Å². The van der Waals surface area contributed by atoms with Gasteiger partial charge in [0.25, 0.3) is 5.82 Å². The number of aryl methyl sites for hydroxylation is 1. The molecule has 0 amide bonds. The highest BCUT2D eigenvalue weighted by Crippen LogP contribution is 2.30. The Hall–Kier alpha value is -2.17. The average Bonchev–Trinajstić information content (AvgIpc) is 2.97. The number of hydrogen-bond donors (Lipinski definition) is 1. The molecule has 0 saturated carbocycles. The molecular weight excluding hydrogens is 254 g/mol. The van der Waals surface area contributed by atoms with Crippen molar-refractivity contribution >= 4 is 5.97 Å². The maximum absolute atomic E-state index is 11.6. The summed E-state index contributed by atoms with van der Waals surface area (Å²) in [5.41, 5.74) is 2.77. The number of benzene rings is 1. The summed E-state index contributed by atoms with van der Waals surface area (Å²) >= 11 is 0. The Labute approximate surface area is 117 Å². The third-order valence-electron chi connectivity index (χ3n) is 3.69. The summed E-state index contributed by atoms with van der Waals surface area (Å²) in [5, 5.41) is 6.84. The first kappa shape index (κ1) is 12.8. The van der Waals surface area contributed by atoms with Gasteiger partial charge in [-0.3, -0.25) is 5.10 Å². The first-order valence-electron chi connectivity index (χ1n) is 6.94. The molecule has 20 heavy (non-hydrogen) atoms. The van der Waals surface area contributed by atoms with Gasteiger partial charge in [-0.05, 0) is 37.3 Å². The standard InChI is InChI=1S/C15H17N3O2/c1-2-20-15(19)14-16-13(17-18-14)12-8-7-10-5-3-4-6-11(10)9-12/h3-6,12H,2,7-9H2,1H3,(H,16,17,18). The van der Waals surface area contributed by atoms with Gasteiger partial charge in [0.2, 0.25) is 0 Å². The van der Waals surface area contributed by atoms with Crippen molar-refractivity contribution in [3.05, 3.63) is 47.0 Å². The zero-order valence-electron chi connectivity index (χ0n) is 11.4. The average molecular weight is 271 g/mol. The van der Waals surface area contributed by atoms with E-state index in [0.29, 0.717) is 12.5 Å². The van der Waals surface area contributed by atoms with Gasteiger partial charge in [0.15, 0.2) is 0 Å². The lowest BCUT2D eigenvalue weighted by Gasteiger charge is -2.22. The lowest BCUT2D eigenvalue weighted by Crippen LogP contribution is -2.14. The fourth-order valence-electron chi connectivity index (χ4n) is 2.67. The summed E-state index contributed by atoms with van der Waals surface area (Å²) < 4.78 is 4.90. The molecule has 1 atom stereocenters. The topological polar surface area (TPSA) is 67.9 Å². The molecule has 1 aliphatic rings. The van der Waals surface area contributed by atoms with Gasteiger partial charge in [0.05, 0.1) is 6.61 Å². The van der Waals surface area contributed by atoms with Crippen LogP contribution >= 0.6 is 0 Å². The Balaban J connectivity index is 1.77. The number of ether oxygens (including phenoxy) is 1. The number of esters is 1. The number of carbonyl (C=O) groups is 1. The van der Waals surface area contributed by atoms with Crippen LogP contribution < -0.4 is 0 Å². The van der Waals surface area contributed by atoms with E-state index in [4.69, 9.17) is 4.74 Å². The molecule has 2 aromatic rings. The van der Waals surface area contributed by atoms with E-state index in [9.17, 15) is 4.79 Å². The van der Waals surface area contributed by atoms with Gasteiger partial charge in [0, 0.05) is 5.92 Å². The van der Waals surface area contributed by atoms with E-state index in [1.54, 1.807) is 6.92 Å². The molecule has 0 bridgehead atoms. The van der Waals surface area contributed by atoms with Crippen molar-refractivity contribution in [1.29, 1.82) is 0 Å². The van der Waals surface area contributed by atoms with E-state index < -0.39 is 5.97 Å². The van der Waals surface area contributed by atoms with E-state index in [1.165, 1.54) is 11.1 Å². The van der Waals surface area contributed by atoms with Crippen LogP contribution in [0.3, 0.4) is 0 Å². The van der Waals surface area contributed by atoms with Crippen molar-refractivity contribution in [1.82, 2.24) is 15.2 Å². The molecule has 3 rings (SSSR count). The largest absolute Gasteiger partial charge is 0.460 e. The maximum atomic E-state index is 11.6. The minimum atomic E-state index is -0.466. The number of H-pyrrole nitrogens is 1. The van der Waals surface area contributed by atoms with Crippen molar-refractivity contribution in [2.45, 2.75) is 32.1 Å².